The van der Waals surface area contributed by atoms with E-state index in [9.17, 15) is 20.1 Å². The monoisotopic (exact) mass is 559 g/mol. The molecule has 2 spiro atoms. The van der Waals surface area contributed by atoms with Gasteiger partial charge in [-0.3, -0.25) is 9.69 Å². The SMILES string of the molecule is COc1ccc(N(C)C)c2c1C1(OCCO1)C1=C(O)[C@@]3(O)[C@@H](C[C@@H]1C2)[C@H](N(C)C)C(O)=C(C(N)=O)C31OCCO1. The first-order valence-electron chi connectivity index (χ1n) is 13.5. The summed E-state index contributed by atoms with van der Waals surface area (Å²) in [7, 11) is 8.90. The quantitative estimate of drug-likeness (QED) is 0.411. The number of aliphatic hydroxyl groups excluding tert-OH is 2. The number of nitrogens with two attached hydrogens (primary N) is 1. The molecule has 3 aliphatic carbocycles. The van der Waals surface area contributed by atoms with Gasteiger partial charge in [0.15, 0.2) is 5.60 Å². The zero-order chi connectivity index (χ0) is 28.8. The minimum atomic E-state index is -2.31. The summed E-state index contributed by atoms with van der Waals surface area (Å²) < 4.78 is 30.5. The van der Waals surface area contributed by atoms with E-state index in [1.165, 1.54) is 0 Å². The molecule has 218 valence electrons. The number of amides is 1. The molecule has 0 aromatic heterocycles. The fraction of sp³-hybridized carbons (Fsp3) is 0.607. The highest BCUT2D eigenvalue weighted by Gasteiger charge is 2.74. The van der Waals surface area contributed by atoms with Crippen molar-refractivity contribution in [3.63, 3.8) is 0 Å². The smallest absolute Gasteiger partial charge is 0.253 e. The second kappa shape index (κ2) is 9.07. The van der Waals surface area contributed by atoms with Crippen LogP contribution in [-0.4, -0.2) is 105 Å². The van der Waals surface area contributed by atoms with Crippen molar-refractivity contribution in [2.75, 3.05) is 66.6 Å². The van der Waals surface area contributed by atoms with Gasteiger partial charge in [0.05, 0.1) is 45.1 Å². The van der Waals surface area contributed by atoms with Gasteiger partial charge in [0, 0.05) is 31.3 Å². The molecule has 5 N–H and O–H groups in total. The second-order valence-electron chi connectivity index (χ2n) is 11.5. The number of carbonyl (C=O) groups is 1. The topological polar surface area (TPSA) is 156 Å². The number of nitrogens with zero attached hydrogens (tertiary/aromatic N) is 2. The van der Waals surface area contributed by atoms with Gasteiger partial charge in [-0.05, 0) is 50.6 Å². The standard InChI is InChI=1S/C28H37N3O9/c1-30(2)17-6-7-18(36-5)20-15(17)12-14-13-16-22(31(3)4)23(32)21(25(29)34)28(39-10-11-40-28)26(16,35)24(33)19(14)27(20)37-8-9-38-27/h6-7,14,16,22,32-33,35H,8-13H2,1-5H3,(H2,29,34)/t14-,16-,22-,26-/m0/s1. The molecule has 0 bridgehead atoms. The number of hydrogen-bond acceptors (Lipinski definition) is 11. The summed E-state index contributed by atoms with van der Waals surface area (Å²) in [5.41, 5.74) is 5.88. The Bertz CT molecular complexity index is 1310. The third-order valence-electron chi connectivity index (χ3n) is 9.12. The average molecular weight is 560 g/mol. The Hall–Kier alpha value is -2.87. The van der Waals surface area contributed by atoms with Crippen molar-refractivity contribution < 1.29 is 43.8 Å². The van der Waals surface area contributed by atoms with E-state index in [0.717, 1.165) is 11.3 Å². The minimum absolute atomic E-state index is 0.0127. The van der Waals surface area contributed by atoms with Crippen LogP contribution in [0.25, 0.3) is 0 Å². The second-order valence-corrected chi connectivity index (χ2v) is 11.5. The predicted octanol–water partition coefficient (Wildman–Crippen LogP) is 0.681. The van der Waals surface area contributed by atoms with E-state index in [1.807, 2.05) is 31.1 Å². The minimum Gasteiger partial charge on any atom is -0.510 e. The van der Waals surface area contributed by atoms with E-state index in [4.69, 9.17) is 29.4 Å². The van der Waals surface area contributed by atoms with Gasteiger partial charge in [0.2, 0.25) is 11.6 Å². The molecule has 0 saturated carbocycles. The molecule has 1 aromatic rings. The third kappa shape index (κ3) is 3.20. The van der Waals surface area contributed by atoms with Crippen molar-refractivity contribution in [2.24, 2.45) is 17.6 Å². The Labute approximate surface area is 232 Å². The summed E-state index contributed by atoms with van der Waals surface area (Å²) in [5.74, 6) is -6.34. The van der Waals surface area contributed by atoms with Gasteiger partial charge in [-0.15, -0.1) is 0 Å². The summed E-state index contributed by atoms with van der Waals surface area (Å²) in [6, 6.07) is 2.93. The van der Waals surface area contributed by atoms with Crippen molar-refractivity contribution in [3.05, 3.63) is 45.9 Å². The van der Waals surface area contributed by atoms with Crippen molar-refractivity contribution in [2.45, 2.75) is 36.1 Å². The first-order valence-corrected chi connectivity index (χ1v) is 13.5. The molecule has 1 amide bonds. The van der Waals surface area contributed by atoms with E-state index >= 15 is 0 Å². The van der Waals surface area contributed by atoms with Gasteiger partial charge < -0.3 is 49.6 Å². The number of anilines is 1. The Morgan fingerprint density at radius 3 is 2.23 bits per heavy atom. The van der Waals surface area contributed by atoms with Gasteiger partial charge in [0.1, 0.15) is 22.8 Å². The highest BCUT2D eigenvalue weighted by molar-refractivity contribution is 5.95. The van der Waals surface area contributed by atoms with Crippen molar-refractivity contribution in [1.82, 2.24) is 4.90 Å². The summed E-state index contributed by atoms with van der Waals surface area (Å²) in [5, 5.41) is 36.6. The van der Waals surface area contributed by atoms with Crippen LogP contribution in [0.4, 0.5) is 5.69 Å². The molecule has 1 aromatic carbocycles. The molecule has 0 unspecified atom stereocenters. The molecule has 5 aliphatic rings. The number of ether oxygens (including phenoxy) is 5. The fourth-order valence-electron chi connectivity index (χ4n) is 7.77. The van der Waals surface area contributed by atoms with Crippen molar-refractivity contribution in [3.8, 4) is 5.75 Å². The molecule has 0 radical (unpaired) electrons. The number of benzene rings is 1. The van der Waals surface area contributed by atoms with Crippen LogP contribution in [0, 0.1) is 11.8 Å². The van der Waals surface area contributed by atoms with Gasteiger partial charge >= 0.3 is 0 Å². The van der Waals surface area contributed by atoms with E-state index in [1.54, 1.807) is 26.1 Å². The number of fused-ring (bicyclic) bond motifs is 6. The molecule has 40 heavy (non-hydrogen) atoms. The van der Waals surface area contributed by atoms with E-state index in [0.29, 0.717) is 23.3 Å². The fourth-order valence-corrected chi connectivity index (χ4v) is 7.77. The maximum absolute atomic E-state index is 12.8. The predicted molar refractivity (Wildman–Crippen MR) is 142 cm³/mol. The van der Waals surface area contributed by atoms with Crippen LogP contribution in [0.5, 0.6) is 5.75 Å². The number of hydrogen-bond donors (Lipinski definition) is 4. The normalized spacial score (nSPS) is 31.9. The molecule has 2 saturated heterocycles. The number of carbonyl (C=O) groups excluding carboxylic acids is 1. The highest BCUT2D eigenvalue weighted by atomic mass is 16.8. The lowest BCUT2D eigenvalue weighted by Crippen LogP contribution is -2.72. The molecule has 2 aliphatic heterocycles. The molecule has 2 fully saturated rings. The Morgan fingerprint density at radius 1 is 1.05 bits per heavy atom. The molecule has 2 heterocycles. The maximum atomic E-state index is 12.8. The van der Waals surface area contributed by atoms with Gasteiger partial charge in [-0.25, -0.2) is 0 Å². The third-order valence-corrected chi connectivity index (χ3v) is 9.12. The van der Waals surface area contributed by atoms with Crippen LogP contribution < -0.4 is 15.4 Å². The summed E-state index contributed by atoms with van der Waals surface area (Å²) in [6.45, 7) is 0.509. The van der Waals surface area contributed by atoms with Crippen molar-refractivity contribution >= 4 is 11.6 Å². The van der Waals surface area contributed by atoms with Crippen LogP contribution in [0.15, 0.2) is 34.8 Å². The van der Waals surface area contributed by atoms with Crippen LogP contribution in [0.2, 0.25) is 0 Å². The summed E-state index contributed by atoms with van der Waals surface area (Å²) in [4.78, 5) is 16.5. The molecular formula is C28H37N3O9. The van der Waals surface area contributed by atoms with Crippen LogP contribution in [0.3, 0.4) is 0 Å². The molecule has 6 rings (SSSR count). The largest absolute Gasteiger partial charge is 0.510 e. The summed E-state index contributed by atoms with van der Waals surface area (Å²) >= 11 is 0. The molecular weight excluding hydrogens is 522 g/mol. The van der Waals surface area contributed by atoms with E-state index < -0.39 is 46.4 Å². The zero-order valence-corrected chi connectivity index (χ0v) is 23.4. The average Bonchev–Trinajstić information content (AvgIpc) is 3.57. The maximum Gasteiger partial charge on any atom is 0.253 e. The zero-order valence-electron chi connectivity index (χ0n) is 23.4. The number of primary amides is 1. The Morgan fingerprint density at radius 2 is 1.68 bits per heavy atom. The molecule has 12 nitrogen and oxygen atoms in total. The number of methoxy groups -OCH3 is 1. The first-order chi connectivity index (χ1) is 19.0. The van der Waals surface area contributed by atoms with E-state index in [-0.39, 0.29) is 44.5 Å². The lowest BCUT2D eigenvalue weighted by molar-refractivity contribution is -0.281. The Kier molecular flexibility index (Phi) is 6.19. The van der Waals surface area contributed by atoms with Gasteiger partial charge in [0.25, 0.3) is 5.91 Å². The lowest BCUT2D eigenvalue weighted by Gasteiger charge is -2.58. The number of likely N-dealkylation sites (N-methyl/N-ethyl adjacent to an activating group) is 1. The highest BCUT2D eigenvalue weighted by Crippen LogP contribution is 2.63. The number of rotatable bonds is 4. The van der Waals surface area contributed by atoms with Crippen LogP contribution in [0.1, 0.15) is 17.5 Å². The lowest BCUT2D eigenvalue weighted by atomic mass is 9.56. The summed E-state index contributed by atoms with van der Waals surface area (Å²) in [6.07, 6.45) is 0.754. The van der Waals surface area contributed by atoms with Crippen LogP contribution in [-0.2, 0) is 35.9 Å². The molecule has 12 heteroatoms. The van der Waals surface area contributed by atoms with E-state index in [2.05, 4.69) is 0 Å². The number of aliphatic hydroxyl groups is 3. The van der Waals surface area contributed by atoms with Crippen molar-refractivity contribution in [1.29, 1.82) is 0 Å². The Balaban J connectivity index is 1.69. The van der Waals surface area contributed by atoms with Gasteiger partial charge in [-0.1, -0.05) is 0 Å². The van der Waals surface area contributed by atoms with Crippen LogP contribution >= 0.6 is 0 Å². The van der Waals surface area contributed by atoms with Gasteiger partial charge in [-0.2, -0.15) is 0 Å². The molecule has 4 atom stereocenters. The first kappa shape index (κ1) is 27.3.